The van der Waals surface area contributed by atoms with Crippen molar-refractivity contribution in [3.63, 3.8) is 0 Å². The molecule has 1 rings (SSSR count). The van der Waals surface area contributed by atoms with Crippen LogP contribution < -0.4 is 4.72 Å². The molecule has 4 nitrogen and oxygen atoms in total. The zero-order valence-corrected chi connectivity index (χ0v) is 11.9. The van der Waals surface area contributed by atoms with E-state index in [1.165, 1.54) is 12.1 Å². The van der Waals surface area contributed by atoms with Crippen LogP contribution in [-0.2, 0) is 10.0 Å². The Morgan fingerprint density at radius 2 is 1.59 bits per heavy atom. The van der Waals surface area contributed by atoms with E-state index in [-0.39, 0.29) is 21.5 Å². The molecule has 0 spiro atoms. The summed E-state index contributed by atoms with van der Waals surface area (Å²) < 4.78 is 25.1. The molecule has 0 unspecified atom stereocenters. The van der Waals surface area contributed by atoms with Gasteiger partial charge in [-0.25, -0.2) is 8.42 Å². The molecular weight excluding hydrogens is 285 g/mol. The second-order valence-corrected chi connectivity index (χ2v) is 7.76. The molecular formula is C10H13Cl2NO3S. The Morgan fingerprint density at radius 3 is 1.94 bits per heavy atom. The van der Waals surface area contributed by atoms with Gasteiger partial charge in [0.15, 0.2) is 5.75 Å². The lowest BCUT2D eigenvalue weighted by atomic mass is 10.3. The maximum atomic E-state index is 11.9. The van der Waals surface area contributed by atoms with Crippen molar-refractivity contribution in [1.82, 2.24) is 0 Å². The van der Waals surface area contributed by atoms with Crippen LogP contribution >= 0.6 is 23.2 Å². The molecule has 0 radical (unpaired) electrons. The second-order valence-electron chi connectivity index (χ2n) is 4.51. The fraction of sp³-hybridized carbons (Fsp3) is 0.400. The third kappa shape index (κ3) is 3.18. The van der Waals surface area contributed by atoms with Gasteiger partial charge in [-0.1, -0.05) is 23.2 Å². The first kappa shape index (κ1) is 14.4. The van der Waals surface area contributed by atoms with Crippen LogP contribution in [-0.4, -0.2) is 18.3 Å². The molecule has 0 saturated heterocycles. The number of sulfonamides is 1. The first-order valence-electron chi connectivity index (χ1n) is 4.75. The van der Waals surface area contributed by atoms with Crippen LogP contribution in [0.2, 0.25) is 10.0 Å². The van der Waals surface area contributed by atoms with Crippen molar-refractivity contribution >= 4 is 38.9 Å². The molecule has 0 aliphatic carbocycles. The summed E-state index contributed by atoms with van der Waals surface area (Å²) in [6.45, 7) is 4.71. The predicted molar refractivity (Wildman–Crippen MR) is 70.4 cm³/mol. The highest BCUT2D eigenvalue weighted by atomic mass is 35.5. The molecule has 7 heteroatoms. The van der Waals surface area contributed by atoms with Crippen LogP contribution in [0.3, 0.4) is 0 Å². The molecule has 0 heterocycles. The lowest BCUT2D eigenvalue weighted by Crippen LogP contribution is -2.33. The Hall–Kier alpha value is -0.650. The highest BCUT2D eigenvalue weighted by Crippen LogP contribution is 2.35. The van der Waals surface area contributed by atoms with Crippen molar-refractivity contribution < 1.29 is 13.5 Å². The fourth-order valence-electron chi connectivity index (χ4n) is 0.933. The number of phenols is 1. The van der Waals surface area contributed by atoms with E-state index in [9.17, 15) is 13.5 Å². The summed E-state index contributed by atoms with van der Waals surface area (Å²) in [6.07, 6.45) is 0. The predicted octanol–water partition coefficient (Wildman–Crippen LogP) is 3.24. The Bertz CT molecular complexity index is 512. The third-order valence-electron chi connectivity index (χ3n) is 2.08. The van der Waals surface area contributed by atoms with Gasteiger partial charge in [-0.05, 0) is 32.9 Å². The van der Waals surface area contributed by atoms with Crippen LogP contribution in [0.5, 0.6) is 5.75 Å². The summed E-state index contributed by atoms with van der Waals surface area (Å²) in [7, 11) is -3.55. The van der Waals surface area contributed by atoms with E-state index in [1.807, 2.05) is 0 Å². The van der Waals surface area contributed by atoms with Gasteiger partial charge in [0.25, 0.3) is 0 Å². The van der Waals surface area contributed by atoms with E-state index in [0.29, 0.717) is 0 Å². The molecule has 0 aliphatic heterocycles. The van der Waals surface area contributed by atoms with Gasteiger partial charge >= 0.3 is 0 Å². The van der Waals surface area contributed by atoms with Gasteiger partial charge in [-0.15, -0.1) is 0 Å². The highest BCUT2D eigenvalue weighted by molar-refractivity contribution is 7.94. The third-order valence-corrected chi connectivity index (χ3v) is 4.77. The van der Waals surface area contributed by atoms with E-state index in [0.717, 1.165) is 0 Å². The lowest BCUT2D eigenvalue weighted by Gasteiger charge is -2.20. The van der Waals surface area contributed by atoms with Crippen molar-refractivity contribution in [3.8, 4) is 5.75 Å². The topological polar surface area (TPSA) is 66.4 Å². The molecule has 1 aromatic carbocycles. The second kappa shape index (κ2) is 4.55. The van der Waals surface area contributed by atoms with E-state index < -0.39 is 14.8 Å². The van der Waals surface area contributed by atoms with Crippen LogP contribution in [0.25, 0.3) is 0 Å². The molecule has 96 valence electrons. The van der Waals surface area contributed by atoms with Crippen molar-refractivity contribution in [2.45, 2.75) is 25.5 Å². The molecule has 0 bridgehead atoms. The number of rotatable bonds is 2. The number of nitrogens with one attached hydrogen (secondary N) is 1. The minimum absolute atomic E-state index is 0.0101. The van der Waals surface area contributed by atoms with Gasteiger partial charge in [0.2, 0.25) is 10.0 Å². The van der Waals surface area contributed by atoms with E-state index in [4.69, 9.17) is 23.2 Å². The maximum absolute atomic E-state index is 11.9. The molecule has 0 saturated carbocycles. The summed E-state index contributed by atoms with van der Waals surface area (Å²) in [4.78, 5) is 0. The number of hydrogen-bond donors (Lipinski definition) is 2. The number of hydrogen-bond acceptors (Lipinski definition) is 3. The van der Waals surface area contributed by atoms with Gasteiger partial charge < -0.3 is 5.11 Å². The van der Waals surface area contributed by atoms with Gasteiger partial charge in [0, 0.05) is 0 Å². The standard InChI is InChI=1S/C10H13Cl2NO3S/c1-10(2,3)17(15,16)13-6-4-7(11)9(14)8(12)5-6/h4-5,13-14H,1-3H3. The van der Waals surface area contributed by atoms with Crippen LogP contribution in [0, 0.1) is 0 Å². The monoisotopic (exact) mass is 297 g/mol. The SMILES string of the molecule is CC(C)(C)S(=O)(=O)Nc1cc(Cl)c(O)c(Cl)c1. The molecule has 1 aromatic rings. The molecule has 2 N–H and O–H groups in total. The number of anilines is 1. The summed E-state index contributed by atoms with van der Waals surface area (Å²) in [5.41, 5.74) is 0.215. The van der Waals surface area contributed by atoms with Gasteiger partial charge in [-0.3, -0.25) is 4.72 Å². The maximum Gasteiger partial charge on any atom is 0.237 e. The van der Waals surface area contributed by atoms with Gasteiger partial charge in [0.05, 0.1) is 20.5 Å². The zero-order valence-electron chi connectivity index (χ0n) is 9.58. The van der Waals surface area contributed by atoms with E-state index in [1.54, 1.807) is 20.8 Å². The first-order valence-corrected chi connectivity index (χ1v) is 6.99. The van der Waals surface area contributed by atoms with Gasteiger partial charge in [0.1, 0.15) is 0 Å². The first-order chi connectivity index (χ1) is 7.54. The molecule has 17 heavy (non-hydrogen) atoms. The minimum Gasteiger partial charge on any atom is -0.505 e. The smallest absolute Gasteiger partial charge is 0.237 e. The molecule has 0 aliphatic rings. The number of aromatic hydroxyl groups is 1. The zero-order chi connectivity index (χ0) is 13.4. The van der Waals surface area contributed by atoms with E-state index in [2.05, 4.69) is 4.72 Å². The van der Waals surface area contributed by atoms with Crippen LogP contribution in [0.15, 0.2) is 12.1 Å². The van der Waals surface area contributed by atoms with Crippen molar-refractivity contribution in [2.75, 3.05) is 4.72 Å². The molecule has 0 aromatic heterocycles. The average Bonchev–Trinajstić information content (AvgIpc) is 2.11. The Labute approximate surface area is 111 Å². The normalized spacial score (nSPS) is 12.5. The van der Waals surface area contributed by atoms with Crippen LogP contribution in [0.1, 0.15) is 20.8 Å². The molecule has 0 fully saturated rings. The summed E-state index contributed by atoms with van der Waals surface area (Å²) >= 11 is 11.4. The highest BCUT2D eigenvalue weighted by Gasteiger charge is 2.29. The Balaban J connectivity index is 3.14. The van der Waals surface area contributed by atoms with Crippen LogP contribution in [0.4, 0.5) is 5.69 Å². The summed E-state index contributed by atoms with van der Waals surface area (Å²) in [5.74, 6) is -0.271. The number of benzene rings is 1. The summed E-state index contributed by atoms with van der Waals surface area (Å²) in [5, 5.41) is 9.33. The number of phenolic OH excluding ortho intramolecular Hbond substituents is 1. The van der Waals surface area contributed by atoms with Crippen molar-refractivity contribution in [3.05, 3.63) is 22.2 Å². The van der Waals surface area contributed by atoms with Crippen molar-refractivity contribution in [1.29, 1.82) is 0 Å². The molecule has 0 amide bonds. The lowest BCUT2D eigenvalue weighted by molar-refractivity contribution is 0.476. The minimum atomic E-state index is -3.55. The van der Waals surface area contributed by atoms with Crippen molar-refractivity contribution in [2.24, 2.45) is 0 Å². The quantitative estimate of drug-likeness (QED) is 0.824. The molecule has 0 atom stereocenters. The van der Waals surface area contributed by atoms with Gasteiger partial charge in [-0.2, -0.15) is 0 Å². The largest absolute Gasteiger partial charge is 0.505 e. The average molecular weight is 298 g/mol. The van der Waals surface area contributed by atoms with E-state index >= 15 is 0 Å². The fourth-order valence-corrected chi connectivity index (χ4v) is 2.15. The Kier molecular flexibility index (Phi) is 3.86. The Morgan fingerprint density at radius 1 is 1.18 bits per heavy atom. The number of halogens is 2. The summed E-state index contributed by atoms with van der Waals surface area (Å²) in [6, 6.07) is 2.60.